The Balaban J connectivity index is 2.49. The molecule has 1 unspecified atom stereocenters. The largest absolute Gasteiger partial charge is 0.307 e. The molecule has 2 aromatic carbocycles. The minimum Gasteiger partial charge on any atom is -0.307 e. The SMILES string of the molecule is CCNC(c1cc(C)cc(C)c1)c1cc(C)cc(F)c1. The van der Waals surface area contributed by atoms with Gasteiger partial charge in [0.2, 0.25) is 0 Å². The summed E-state index contributed by atoms with van der Waals surface area (Å²) in [7, 11) is 0. The van der Waals surface area contributed by atoms with Crippen molar-refractivity contribution in [2.75, 3.05) is 6.54 Å². The molecule has 20 heavy (non-hydrogen) atoms. The van der Waals surface area contributed by atoms with E-state index in [1.807, 2.05) is 13.0 Å². The molecule has 0 spiro atoms. The van der Waals surface area contributed by atoms with Gasteiger partial charge in [-0.25, -0.2) is 4.39 Å². The molecule has 0 aliphatic carbocycles. The van der Waals surface area contributed by atoms with Gasteiger partial charge in [0.15, 0.2) is 0 Å². The van der Waals surface area contributed by atoms with E-state index in [0.717, 1.165) is 17.7 Å². The molecule has 1 atom stereocenters. The maximum Gasteiger partial charge on any atom is 0.123 e. The van der Waals surface area contributed by atoms with E-state index in [0.29, 0.717) is 0 Å². The third kappa shape index (κ3) is 3.45. The van der Waals surface area contributed by atoms with Crippen LogP contribution in [0.3, 0.4) is 0 Å². The average molecular weight is 271 g/mol. The lowest BCUT2D eigenvalue weighted by Crippen LogP contribution is -2.22. The molecule has 0 fully saturated rings. The molecular formula is C18H22FN. The van der Waals surface area contributed by atoms with Crippen LogP contribution in [-0.2, 0) is 0 Å². The third-order valence-electron chi connectivity index (χ3n) is 3.38. The highest BCUT2D eigenvalue weighted by Gasteiger charge is 2.15. The molecule has 1 nitrogen and oxygen atoms in total. The second-order valence-corrected chi connectivity index (χ2v) is 5.47. The van der Waals surface area contributed by atoms with E-state index >= 15 is 0 Å². The van der Waals surface area contributed by atoms with Gasteiger partial charge in [0.1, 0.15) is 5.82 Å². The number of nitrogens with one attached hydrogen (secondary N) is 1. The molecule has 2 rings (SSSR count). The van der Waals surface area contributed by atoms with E-state index in [-0.39, 0.29) is 11.9 Å². The normalized spacial score (nSPS) is 12.4. The molecule has 106 valence electrons. The zero-order valence-electron chi connectivity index (χ0n) is 12.6. The van der Waals surface area contributed by atoms with Gasteiger partial charge >= 0.3 is 0 Å². The lowest BCUT2D eigenvalue weighted by Gasteiger charge is -2.20. The molecule has 0 radical (unpaired) electrons. The molecule has 2 aromatic rings. The summed E-state index contributed by atoms with van der Waals surface area (Å²) in [6.45, 7) is 9.03. The Morgan fingerprint density at radius 2 is 1.35 bits per heavy atom. The first kappa shape index (κ1) is 14.7. The Morgan fingerprint density at radius 3 is 1.85 bits per heavy atom. The summed E-state index contributed by atoms with van der Waals surface area (Å²) < 4.78 is 13.7. The molecule has 1 N–H and O–H groups in total. The highest BCUT2D eigenvalue weighted by Crippen LogP contribution is 2.25. The van der Waals surface area contributed by atoms with Crippen molar-refractivity contribution in [1.29, 1.82) is 0 Å². The Bertz CT molecular complexity index is 512. The van der Waals surface area contributed by atoms with Crippen LogP contribution in [0.5, 0.6) is 0 Å². The molecule has 0 aliphatic heterocycles. The predicted octanol–water partition coefficient (Wildman–Crippen LogP) is 4.45. The second-order valence-electron chi connectivity index (χ2n) is 5.47. The first-order chi connectivity index (χ1) is 9.49. The fraction of sp³-hybridized carbons (Fsp3) is 0.333. The van der Waals surface area contributed by atoms with Gasteiger partial charge in [-0.1, -0.05) is 42.3 Å². The van der Waals surface area contributed by atoms with Crippen LogP contribution in [-0.4, -0.2) is 6.54 Å². The summed E-state index contributed by atoms with van der Waals surface area (Å²) in [5.41, 5.74) is 5.59. The number of hydrogen-bond donors (Lipinski definition) is 1. The molecule has 0 aliphatic rings. The van der Waals surface area contributed by atoms with Crippen LogP contribution in [0.4, 0.5) is 4.39 Å². The summed E-state index contributed by atoms with van der Waals surface area (Å²) in [5.74, 6) is -0.174. The summed E-state index contributed by atoms with van der Waals surface area (Å²) in [6, 6.07) is 11.8. The molecule has 0 bridgehead atoms. The molecule has 0 saturated carbocycles. The fourth-order valence-corrected chi connectivity index (χ4v) is 2.74. The van der Waals surface area contributed by atoms with E-state index in [1.54, 1.807) is 12.1 Å². The van der Waals surface area contributed by atoms with Crippen LogP contribution in [0.1, 0.15) is 40.8 Å². The van der Waals surface area contributed by atoms with E-state index in [4.69, 9.17) is 0 Å². The average Bonchev–Trinajstić information content (AvgIpc) is 2.33. The molecule has 0 heterocycles. The monoisotopic (exact) mass is 271 g/mol. The highest BCUT2D eigenvalue weighted by molar-refractivity contribution is 5.38. The van der Waals surface area contributed by atoms with Crippen molar-refractivity contribution in [3.8, 4) is 0 Å². The van der Waals surface area contributed by atoms with Gasteiger partial charge in [-0.15, -0.1) is 0 Å². The topological polar surface area (TPSA) is 12.0 Å². The predicted molar refractivity (Wildman–Crippen MR) is 82.6 cm³/mol. The number of rotatable bonds is 4. The standard InChI is InChI=1S/C18H22FN/c1-5-20-18(15-7-12(2)6-13(3)8-15)16-9-14(4)10-17(19)11-16/h6-11,18,20H,5H2,1-4H3. The Labute approximate surface area is 120 Å². The van der Waals surface area contributed by atoms with E-state index < -0.39 is 0 Å². The number of aryl methyl sites for hydroxylation is 3. The van der Waals surface area contributed by atoms with E-state index in [1.165, 1.54) is 16.7 Å². The van der Waals surface area contributed by atoms with Crippen LogP contribution in [0.2, 0.25) is 0 Å². The highest BCUT2D eigenvalue weighted by atomic mass is 19.1. The van der Waals surface area contributed by atoms with Gasteiger partial charge in [0.05, 0.1) is 6.04 Å². The molecule has 0 amide bonds. The van der Waals surface area contributed by atoms with Crippen LogP contribution in [0, 0.1) is 26.6 Å². The second kappa shape index (κ2) is 6.19. The van der Waals surface area contributed by atoms with Crippen molar-refractivity contribution in [1.82, 2.24) is 5.32 Å². The Morgan fingerprint density at radius 1 is 0.850 bits per heavy atom. The third-order valence-corrected chi connectivity index (χ3v) is 3.38. The summed E-state index contributed by atoms with van der Waals surface area (Å²) in [6.07, 6.45) is 0. The number of halogens is 1. The van der Waals surface area contributed by atoms with Crippen molar-refractivity contribution in [2.24, 2.45) is 0 Å². The summed E-state index contributed by atoms with van der Waals surface area (Å²) in [4.78, 5) is 0. The lowest BCUT2D eigenvalue weighted by atomic mass is 9.94. The zero-order valence-corrected chi connectivity index (χ0v) is 12.6. The fourth-order valence-electron chi connectivity index (χ4n) is 2.74. The van der Waals surface area contributed by atoms with Crippen LogP contribution < -0.4 is 5.32 Å². The van der Waals surface area contributed by atoms with Gasteiger partial charge in [0, 0.05) is 0 Å². The van der Waals surface area contributed by atoms with E-state index in [9.17, 15) is 4.39 Å². The van der Waals surface area contributed by atoms with Crippen LogP contribution in [0.15, 0.2) is 36.4 Å². The first-order valence-electron chi connectivity index (χ1n) is 7.08. The summed E-state index contributed by atoms with van der Waals surface area (Å²) >= 11 is 0. The lowest BCUT2D eigenvalue weighted by molar-refractivity contribution is 0.601. The van der Waals surface area contributed by atoms with Crippen molar-refractivity contribution < 1.29 is 4.39 Å². The maximum absolute atomic E-state index is 13.7. The minimum atomic E-state index is -0.174. The van der Waals surface area contributed by atoms with Crippen molar-refractivity contribution in [2.45, 2.75) is 33.7 Å². The first-order valence-corrected chi connectivity index (χ1v) is 7.08. The zero-order chi connectivity index (χ0) is 14.7. The van der Waals surface area contributed by atoms with Crippen molar-refractivity contribution >= 4 is 0 Å². The Hall–Kier alpha value is -1.67. The van der Waals surface area contributed by atoms with Crippen LogP contribution in [0.25, 0.3) is 0 Å². The van der Waals surface area contributed by atoms with Gasteiger partial charge < -0.3 is 5.32 Å². The van der Waals surface area contributed by atoms with Gasteiger partial charge in [0.25, 0.3) is 0 Å². The maximum atomic E-state index is 13.7. The smallest absolute Gasteiger partial charge is 0.123 e. The minimum absolute atomic E-state index is 0.0352. The molecule has 0 aromatic heterocycles. The quantitative estimate of drug-likeness (QED) is 0.866. The van der Waals surface area contributed by atoms with Gasteiger partial charge in [-0.3, -0.25) is 0 Å². The van der Waals surface area contributed by atoms with E-state index in [2.05, 4.69) is 44.3 Å². The van der Waals surface area contributed by atoms with Crippen LogP contribution >= 0.6 is 0 Å². The Kier molecular flexibility index (Phi) is 4.56. The summed E-state index contributed by atoms with van der Waals surface area (Å²) in [5, 5.41) is 3.46. The van der Waals surface area contributed by atoms with Gasteiger partial charge in [-0.05, 0) is 56.1 Å². The van der Waals surface area contributed by atoms with Gasteiger partial charge in [-0.2, -0.15) is 0 Å². The van der Waals surface area contributed by atoms with Crippen molar-refractivity contribution in [3.63, 3.8) is 0 Å². The number of benzene rings is 2. The van der Waals surface area contributed by atoms with Crippen molar-refractivity contribution in [3.05, 3.63) is 70.0 Å². The molecule has 2 heteroatoms. The molecular weight excluding hydrogens is 249 g/mol. The number of hydrogen-bond acceptors (Lipinski definition) is 1. The molecule has 0 saturated heterocycles.